The lowest BCUT2D eigenvalue weighted by molar-refractivity contribution is -0.136. The van der Waals surface area contributed by atoms with Crippen molar-refractivity contribution in [1.29, 1.82) is 0 Å². The number of nitrogens with zero attached hydrogens (tertiary/aromatic N) is 2. The van der Waals surface area contributed by atoms with Crippen molar-refractivity contribution in [2.75, 3.05) is 39.3 Å². The minimum Gasteiger partial charge on any atom is -0.361 e. The van der Waals surface area contributed by atoms with Gasteiger partial charge in [-0.1, -0.05) is 49.4 Å². The number of amides is 4. The quantitative estimate of drug-likeness (QED) is 0.333. The van der Waals surface area contributed by atoms with Gasteiger partial charge in [-0.15, -0.1) is 0 Å². The zero-order valence-electron chi connectivity index (χ0n) is 26.3. The first-order chi connectivity index (χ1) is 21.9. The first-order valence-electron chi connectivity index (χ1n) is 16.9. The number of H-pyrrole nitrogens is 1. The number of fused-ring (bicyclic) bond motifs is 3. The molecule has 238 valence electrons. The Labute approximate surface area is 265 Å². The molecule has 4 aliphatic rings. The summed E-state index contributed by atoms with van der Waals surface area (Å²) in [5.41, 5.74) is 4.39. The van der Waals surface area contributed by atoms with Gasteiger partial charge in [0.2, 0.25) is 11.8 Å². The van der Waals surface area contributed by atoms with Crippen molar-refractivity contribution < 1.29 is 14.4 Å². The van der Waals surface area contributed by atoms with Gasteiger partial charge < -0.3 is 30.7 Å². The molecular weight excluding hydrogens is 564 g/mol. The van der Waals surface area contributed by atoms with Crippen LogP contribution >= 0.6 is 0 Å². The van der Waals surface area contributed by atoms with Gasteiger partial charge in [-0.25, -0.2) is 4.79 Å². The van der Waals surface area contributed by atoms with Gasteiger partial charge in [0.1, 0.15) is 6.04 Å². The Morgan fingerprint density at radius 2 is 1.69 bits per heavy atom. The van der Waals surface area contributed by atoms with E-state index in [9.17, 15) is 14.4 Å². The second-order valence-corrected chi connectivity index (χ2v) is 13.7. The number of hydrogen-bond donors (Lipinski definition) is 4. The average Bonchev–Trinajstić information content (AvgIpc) is 3.83. The smallest absolute Gasteiger partial charge is 0.315 e. The van der Waals surface area contributed by atoms with E-state index < -0.39 is 6.04 Å². The Balaban J connectivity index is 1.10. The molecule has 4 amide bonds. The number of rotatable bonds is 6. The summed E-state index contributed by atoms with van der Waals surface area (Å²) in [6.45, 7) is 6.66. The van der Waals surface area contributed by atoms with Crippen LogP contribution in [0.25, 0.3) is 10.9 Å². The summed E-state index contributed by atoms with van der Waals surface area (Å²) in [5.74, 6) is -0.118. The van der Waals surface area contributed by atoms with Crippen molar-refractivity contribution in [2.45, 2.75) is 81.2 Å². The van der Waals surface area contributed by atoms with Crippen LogP contribution in [0.4, 0.5) is 4.79 Å². The molecular formula is C36H46N6O3. The predicted octanol–water partition coefficient (Wildman–Crippen LogP) is 4.36. The molecule has 0 bridgehead atoms. The summed E-state index contributed by atoms with van der Waals surface area (Å²) in [4.78, 5) is 48.7. The molecule has 3 aliphatic heterocycles. The molecule has 1 aliphatic carbocycles. The molecule has 9 heteroatoms. The fraction of sp³-hybridized carbons (Fsp3) is 0.528. The van der Waals surface area contributed by atoms with Gasteiger partial charge in [0, 0.05) is 67.2 Å². The van der Waals surface area contributed by atoms with E-state index in [4.69, 9.17) is 0 Å². The summed E-state index contributed by atoms with van der Waals surface area (Å²) >= 11 is 0. The molecule has 45 heavy (non-hydrogen) atoms. The maximum absolute atomic E-state index is 14.4. The summed E-state index contributed by atoms with van der Waals surface area (Å²) in [7, 11) is 0. The average molecular weight is 611 g/mol. The second kappa shape index (κ2) is 12.5. The third-order valence-electron chi connectivity index (χ3n) is 11.0. The molecule has 0 radical (unpaired) electrons. The summed E-state index contributed by atoms with van der Waals surface area (Å²) in [5, 5.41) is 10.6. The van der Waals surface area contributed by atoms with Gasteiger partial charge in [0.25, 0.3) is 0 Å². The van der Waals surface area contributed by atoms with Crippen LogP contribution in [0.5, 0.6) is 0 Å². The van der Waals surface area contributed by atoms with Crippen LogP contribution in [-0.2, 0) is 15.0 Å². The summed E-state index contributed by atoms with van der Waals surface area (Å²) in [6, 6.07) is 15.6. The Hall–Kier alpha value is -3.85. The molecule has 1 aromatic heterocycles. The fourth-order valence-electron chi connectivity index (χ4n) is 8.49. The topological polar surface area (TPSA) is 110 Å². The highest BCUT2D eigenvalue weighted by Gasteiger charge is 2.49. The van der Waals surface area contributed by atoms with Crippen molar-refractivity contribution in [3.8, 4) is 0 Å². The lowest BCUT2D eigenvalue weighted by Crippen LogP contribution is -2.57. The van der Waals surface area contributed by atoms with Crippen molar-refractivity contribution in [3.05, 3.63) is 71.4 Å². The second-order valence-electron chi connectivity index (χ2n) is 13.7. The van der Waals surface area contributed by atoms with Crippen LogP contribution in [0.3, 0.4) is 0 Å². The van der Waals surface area contributed by atoms with Crippen LogP contribution in [0.2, 0.25) is 0 Å². The molecule has 2 aromatic carbocycles. The molecule has 0 saturated carbocycles. The highest BCUT2D eigenvalue weighted by atomic mass is 16.2. The molecule has 7 rings (SSSR count). The fourth-order valence-corrected chi connectivity index (χ4v) is 8.49. The number of aromatic amines is 1. The number of carbonyl (C=O) groups is 3. The van der Waals surface area contributed by atoms with Gasteiger partial charge >= 0.3 is 6.03 Å². The Morgan fingerprint density at radius 3 is 2.47 bits per heavy atom. The van der Waals surface area contributed by atoms with E-state index in [0.717, 1.165) is 87.6 Å². The van der Waals surface area contributed by atoms with Gasteiger partial charge in [-0.3, -0.25) is 9.59 Å². The van der Waals surface area contributed by atoms with Crippen LogP contribution in [-0.4, -0.2) is 84.0 Å². The Morgan fingerprint density at radius 1 is 0.933 bits per heavy atom. The molecule has 9 nitrogen and oxygen atoms in total. The van der Waals surface area contributed by atoms with Crippen molar-refractivity contribution >= 4 is 28.7 Å². The number of nitrogens with one attached hydrogen (secondary N) is 4. The van der Waals surface area contributed by atoms with E-state index in [2.05, 4.69) is 56.2 Å². The molecule has 3 unspecified atom stereocenters. The van der Waals surface area contributed by atoms with E-state index in [1.165, 1.54) is 11.1 Å². The van der Waals surface area contributed by atoms with Crippen LogP contribution in [0.1, 0.15) is 80.4 Å². The highest BCUT2D eigenvalue weighted by molar-refractivity contribution is 5.91. The number of urea groups is 1. The molecule has 3 saturated heterocycles. The van der Waals surface area contributed by atoms with Gasteiger partial charge in [0.05, 0.1) is 5.92 Å². The first-order valence-corrected chi connectivity index (χ1v) is 16.9. The number of piperidine rings is 2. The molecule has 3 aromatic rings. The zero-order chi connectivity index (χ0) is 31.0. The third kappa shape index (κ3) is 5.71. The maximum atomic E-state index is 14.4. The van der Waals surface area contributed by atoms with E-state index >= 15 is 0 Å². The summed E-state index contributed by atoms with van der Waals surface area (Å²) in [6.07, 6.45) is 8.53. The largest absolute Gasteiger partial charge is 0.361 e. The van der Waals surface area contributed by atoms with E-state index in [-0.39, 0.29) is 41.1 Å². The predicted molar refractivity (Wildman–Crippen MR) is 175 cm³/mol. The van der Waals surface area contributed by atoms with E-state index in [1.807, 2.05) is 36.2 Å². The molecule has 4 N–H and O–H groups in total. The molecule has 3 fully saturated rings. The first kappa shape index (κ1) is 29.8. The van der Waals surface area contributed by atoms with Crippen molar-refractivity contribution in [3.63, 3.8) is 0 Å². The van der Waals surface area contributed by atoms with Crippen molar-refractivity contribution in [2.24, 2.45) is 0 Å². The van der Waals surface area contributed by atoms with Gasteiger partial charge in [0.15, 0.2) is 0 Å². The third-order valence-corrected chi connectivity index (χ3v) is 11.0. The van der Waals surface area contributed by atoms with E-state index in [0.29, 0.717) is 13.1 Å². The number of hydrogen-bond acceptors (Lipinski definition) is 4. The number of para-hydroxylation sites is 1. The number of benzene rings is 2. The minimum atomic E-state index is -0.713. The Bertz CT molecular complexity index is 1550. The maximum Gasteiger partial charge on any atom is 0.315 e. The van der Waals surface area contributed by atoms with E-state index in [1.54, 1.807) is 0 Å². The SMILES string of the molecule is CC(c1c[nH]c2ccccc12)C(NC(=O)NC1CCCNC1)C(=O)N1CCC2(CC1)C[C@@H](C(=O)N1CCCC1)c1ccccc12. The minimum absolute atomic E-state index is 0.0458. The monoisotopic (exact) mass is 610 g/mol. The molecule has 4 atom stereocenters. The molecule has 1 spiro atoms. The Kier molecular flexibility index (Phi) is 8.29. The highest BCUT2D eigenvalue weighted by Crippen LogP contribution is 2.52. The normalized spacial score (nSPS) is 23.9. The lowest BCUT2D eigenvalue weighted by atomic mass is 9.73. The number of carbonyl (C=O) groups excluding carboxylic acids is 3. The number of likely N-dealkylation sites (tertiary alicyclic amines) is 2. The van der Waals surface area contributed by atoms with Crippen LogP contribution < -0.4 is 16.0 Å². The van der Waals surface area contributed by atoms with Crippen LogP contribution in [0.15, 0.2) is 54.7 Å². The van der Waals surface area contributed by atoms with Gasteiger partial charge in [-0.05, 0) is 74.2 Å². The van der Waals surface area contributed by atoms with Crippen LogP contribution in [0, 0.1) is 0 Å². The standard InChI is InChI=1S/C36H46N6O3/c1-24(29-23-38-31-13-5-3-11-27(29)31)32(40-35(45)39-25-9-8-16-37-22-25)34(44)42-19-14-36(15-20-42)21-28(26-10-2-4-12-30(26)36)33(43)41-17-6-7-18-41/h2-5,10-13,23-25,28,32,37-38H,6-9,14-22H2,1H3,(H2,39,40,45)/t24?,25?,28-,32?/m1/s1. The molecule has 4 heterocycles. The zero-order valence-corrected chi connectivity index (χ0v) is 26.3. The lowest BCUT2D eigenvalue weighted by Gasteiger charge is -2.42. The van der Waals surface area contributed by atoms with Gasteiger partial charge in [-0.2, -0.15) is 0 Å². The summed E-state index contributed by atoms with van der Waals surface area (Å²) < 4.78 is 0. The van der Waals surface area contributed by atoms with Crippen molar-refractivity contribution in [1.82, 2.24) is 30.7 Å². The number of aromatic nitrogens is 1.